The minimum Gasteiger partial charge on any atom is -0.496 e. The molecule has 4 unspecified atom stereocenters. The fourth-order valence-corrected chi connectivity index (χ4v) is 9.63. The lowest BCUT2D eigenvalue weighted by Crippen LogP contribution is -2.56. The van der Waals surface area contributed by atoms with Crippen molar-refractivity contribution in [3.63, 3.8) is 0 Å². The number of aryl methyl sites for hydroxylation is 1. The summed E-state index contributed by atoms with van der Waals surface area (Å²) in [5, 5.41) is 5.91. The van der Waals surface area contributed by atoms with E-state index in [0.29, 0.717) is 48.4 Å². The molecule has 2 aliphatic carbocycles. The first kappa shape index (κ1) is 36.3. The number of rotatable bonds is 8. The van der Waals surface area contributed by atoms with Crippen LogP contribution < -0.4 is 19.5 Å². The molecule has 4 atom stereocenters. The summed E-state index contributed by atoms with van der Waals surface area (Å²) in [7, 11) is -2.21. The molecule has 3 fully saturated rings. The average Bonchev–Trinajstić information content (AvgIpc) is 3.98. The lowest BCUT2D eigenvalue weighted by molar-refractivity contribution is -0.139. The van der Waals surface area contributed by atoms with Crippen molar-refractivity contribution in [2.75, 3.05) is 13.7 Å². The molecule has 2 aromatic heterocycles. The number of fused-ring (bicyclic) bond motifs is 3. The van der Waals surface area contributed by atoms with Gasteiger partial charge in [0.2, 0.25) is 21.8 Å². The van der Waals surface area contributed by atoms with E-state index in [4.69, 9.17) is 19.4 Å². The van der Waals surface area contributed by atoms with Gasteiger partial charge in [-0.05, 0) is 63.5 Å². The van der Waals surface area contributed by atoms with E-state index >= 15 is 0 Å². The molecule has 3 amide bonds. The maximum absolute atomic E-state index is 14.2. The summed E-state index contributed by atoms with van der Waals surface area (Å²) >= 11 is 1.51. The highest BCUT2D eigenvalue weighted by Crippen LogP contribution is 2.46. The zero-order valence-electron chi connectivity index (χ0n) is 30.1. The van der Waals surface area contributed by atoms with Crippen molar-refractivity contribution >= 4 is 50.0 Å². The third kappa shape index (κ3) is 7.28. The number of carbonyl (C=O) groups excluding carboxylic acids is 3. The molecule has 2 N–H and O–H groups in total. The summed E-state index contributed by atoms with van der Waals surface area (Å²) in [6, 6.07) is 4.74. The Balaban J connectivity index is 1.20. The fraction of sp³-hybridized carbons (Fsp3) is 0.553. The maximum Gasteiger partial charge on any atom is 0.259 e. The number of nitrogens with zero attached hydrogens (tertiary/aromatic N) is 3. The Kier molecular flexibility index (Phi) is 10.1. The number of pyridine rings is 1. The van der Waals surface area contributed by atoms with E-state index in [-0.39, 0.29) is 37.1 Å². The van der Waals surface area contributed by atoms with Gasteiger partial charge in [-0.2, -0.15) is 0 Å². The van der Waals surface area contributed by atoms with Crippen LogP contribution in [0.1, 0.15) is 95.2 Å². The van der Waals surface area contributed by atoms with Crippen molar-refractivity contribution in [3.05, 3.63) is 47.0 Å². The van der Waals surface area contributed by atoms with Gasteiger partial charge in [-0.3, -0.25) is 19.1 Å². The molecule has 12 nitrogen and oxygen atoms in total. The van der Waals surface area contributed by atoms with Crippen LogP contribution in [0.15, 0.2) is 35.7 Å². The number of methoxy groups -OCH3 is 1. The number of nitrogens with one attached hydrogen (secondary N) is 2. The van der Waals surface area contributed by atoms with Crippen molar-refractivity contribution < 1.29 is 32.3 Å². The van der Waals surface area contributed by atoms with Crippen LogP contribution in [-0.2, 0) is 24.4 Å². The Bertz CT molecular complexity index is 2020. The topological polar surface area (TPSA) is 157 Å². The molecular formula is C38H47N5O7S2. The Morgan fingerprint density at radius 1 is 1.12 bits per heavy atom. The number of carbonyl (C=O) groups is 3. The van der Waals surface area contributed by atoms with Crippen LogP contribution in [0.25, 0.3) is 21.6 Å². The van der Waals surface area contributed by atoms with Crippen LogP contribution in [0.5, 0.6) is 11.5 Å². The molecule has 7 rings (SSSR count). The summed E-state index contributed by atoms with van der Waals surface area (Å²) in [6.07, 6.45) is 9.48. The van der Waals surface area contributed by atoms with Gasteiger partial charge in [-0.1, -0.05) is 38.8 Å². The van der Waals surface area contributed by atoms with E-state index in [1.165, 1.54) is 11.3 Å². The monoisotopic (exact) mass is 749 g/mol. The van der Waals surface area contributed by atoms with E-state index in [0.717, 1.165) is 47.3 Å². The van der Waals surface area contributed by atoms with E-state index in [2.05, 4.69) is 23.9 Å². The normalized spacial score (nSPS) is 26.2. The number of ether oxygens (including phenoxy) is 2. The Hall–Kier alpha value is -4.04. The quantitative estimate of drug-likeness (QED) is 0.282. The van der Waals surface area contributed by atoms with Crippen molar-refractivity contribution in [1.29, 1.82) is 0 Å². The van der Waals surface area contributed by atoms with Crippen LogP contribution in [0.4, 0.5) is 0 Å². The van der Waals surface area contributed by atoms with Gasteiger partial charge in [-0.25, -0.2) is 18.4 Å². The van der Waals surface area contributed by atoms with Crippen molar-refractivity contribution in [2.45, 2.75) is 114 Å². The first-order valence-electron chi connectivity index (χ1n) is 18.3. The largest absolute Gasteiger partial charge is 0.496 e. The Morgan fingerprint density at radius 3 is 2.63 bits per heavy atom. The molecular weight excluding hydrogens is 703 g/mol. The highest BCUT2D eigenvalue weighted by molar-refractivity contribution is 7.91. The molecule has 0 radical (unpaired) electrons. The van der Waals surface area contributed by atoms with Gasteiger partial charge >= 0.3 is 0 Å². The van der Waals surface area contributed by atoms with Crippen molar-refractivity contribution in [2.24, 2.45) is 5.92 Å². The predicted octanol–water partition coefficient (Wildman–Crippen LogP) is 5.54. The SMILES string of the molecule is COc1ccc2c(OC3CC4C(=O)NC5(C(=O)NS(=O)(=O)C6CC6)CC5/C=C/CCCCCCC(=O)N4C3)cc(-c3nc(C(C)C)cs3)nc2c1C. The van der Waals surface area contributed by atoms with Gasteiger partial charge in [0, 0.05) is 41.2 Å². The molecule has 52 heavy (non-hydrogen) atoms. The van der Waals surface area contributed by atoms with Gasteiger partial charge < -0.3 is 19.7 Å². The van der Waals surface area contributed by atoms with Gasteiger partial charge in [0.15, 0.2) is 0 Å². The van der Waals surface area contributed by atoms with Gasteiger partial charge in [0.25, 0.3) is 5.91 Å². The smallest absolute Gasteiger partial charge is 0.259 e. The van der Waals surface area contributed by atoms with Gasteiger partial charge in [0.05, 0.1) is 30.1 Å². The van der Waals surface area contributed by atoms with Crippen LogP contribution in [0.3, 0.4) is 0 Å². The second-order valence-electron chi connectivity index (χ2n) is 14.9. The standard InChI is InChI=1S/C38H47N5O7S2/c1-22(2)29-21-51-36(40-29)28-18-32(27-15-16-31(49-4)23(3)34(27)39-28)50-25-17-30-35(45)41-38(37(46)42-52(47,48)26-13-14-26)19-24(38)11-9-7-5-6-8-10-12-33(44)43(30)20-25/h9,11,15-16,18,21-22,24-26,30H,5-8,10,12-14,17,19-20H2,1-4H3,(H,41,45)(H,42,46)/b11-9+. The third-order valence-corrected chi connectivity index (χ3v) is 13.4. The van der Waals surface area contributed by atoms with Crippen LogP contribution in [0, 0.1) is 12.8 Å². The number of benzene rings is 1. The first-order chi connectivity index (χ1) is 24.9. The average molecular weight is 750 g/mol. The Morgan fingerprint density at radius 2 is 1.90 bits per heavy atom. The molecule has 0 bridgehead atoms. The van der Waals surface area contributed by atoms with E-state index < -0.39 is 44.8 Å². The predicted molar refractivity (Wildman–Crippen MR) is 199 cm³/mol. The zero-order chi connectivity index (χ0) is 36.8. The summed E-state index contributed by atoms with van der Waals surface area (Å²) < 4.78 is 40.2. The summed E-state index contributed by atoms with van der Waals surface area (Å²) in [4.78, 5) is 53.0. The van der Waals surface area contributed by atoms with E-state index in [1.54, 1.807) is 12.0 Å². The number of hydrogen-bond donors (Lipinski definition) is 2. The van der Waals surface area contributed by atoms with E-state index in [9.17, 15) is 22.8 Å². The minimum atomic E-state index is -3.83. The minimum absolute atomic E-state index is 0.147. The molecule has 278 valence electrons. The molecule has 1 aromatic carbocycles. The summed E-state index contributed by atoms with van der Waals surface area (Å²) in [6.45, 7) is 6.31. The molecule has 1 saturated heterocycles. The van der Waals surface area contributed by atoms with Crippen LogP contribution in [0.2, 0.25) is 0 Å². The molecule has 14 heteroatoms. The number of aromatic nitrogens is 2. The molecule has 4 aliphatic rings. The number of amides is 3. The molecule has 2 aliphatic heterocycles. The summed E-state index contributed by atoms with van der Waals surface area (Å²) in [5.74, 6) is -0.209. The van der Waals surface area contributed by atoms with Gasteiger partial charge in [-0.15, -0.1) is 11.3 Å². The summed E-state index contributed by atoms with van der Waals surface area (Å²) in [5.41, 5.74) is 1.78. The zero-order valence-corrected chi connectivity index (χ0v) is 31.8. The lowest BCUT2D eigenvalue weighted by Gasteiger charge is -2.26. The molecule has 0 spiro atoms. The van der Waals surface area contributed by atoms with Crippen molar-refractivity contribution in [1.82, 2.24) is 24.9 Å². The highest BCUT2D eigenvalue weighted by atomic mass is 32.2. The number of thiazole rings is 1. The second-order valence-corrected chi connectivity index (χ2v) is 17.7. The number of hydrogen-bond acceptors (Lipinski definition) is 10. The lowest BCUT2D eigenvalue weighted by atomic mass is 10.1. The number of sulfonamides is 1. The fourth-order valence-electron chi connectivity index (χ4n) is 7.33. The highest BCUT2D eigenvalue weighted by Gasteiger charge is 2.62. The first-order valence-corrected chi connectivity index (χ1v) is 20.8. The third-order valence-electron chi connectivity index (χ3n) is 10.7. The molecule has 2 saturated carbocycles. The molecule has 4 heterocycles. The van der Waals surface area contributed by atoms with Crippen LogP contribution >= 0.6 is 11.3 Å². The van der Waals surface area contributed by atoms with Crippen LogP contribution in [-0.4, -0.2) is 77.6 Å². The van der Waals surface area contributed by atoms with Crippen molar-refractivity contribution in [3.8, 4) is 22.2 Å². The van der Waals surface area contributed by atoms with E-state index in [1.807, 2.05) is 42.7 Å². The Labute approximate surface area is 308 Å². The number of allylic oxidation sites excluding steroid dienone is 1. The van der Waals surface area contributed by atoms with Gasteiger partial charge in [0.1, 0.15) is 39.9 Å². The molecule has 3 aromatic rings. The second kappa shape index (κ2) is 14.4. The maximum atomic E-state index is 14.2.